The number of carbonyl (C=O) groups excluding carboxylic acids is 1. The van der Waals surface area contributed by atoms with E-state index in [0.717, 1.165) is 24.2 Å². The van der Waals surface area contributed by atoms with Gasteiger partial charge in [-0.2, -0.15) is 0 Å². The van der Waals surface area contributed by atoms with E-state index < -0.39 is 11.8 Å². The van der Waals surface area contributed by atoms with Gasteiger partial charge in [-0.15, -0.1) is 5.10 Å². The minimum Gasteiger partial charge on any atom is -0.489 e. The highest BCUT2D eigenvalue weighted by atomic mass is 35.5. The Morgan fingerprint density at radius 3 is 2.79 bits per heavy atom. The number of halogens is 2. The summed E-state index contributed by atoms with van der Waals surface area (Å²) in [5.74, 6) is 1.45. The van der Waals surface area contributed by atoms with Crippen LogP contribution in [-0.4, -0.2) is 50.7 Å². The Hall–Kier alpha value is -2.45. The number of carbonyl (C=O) groups is 1. The molecular weight excluding hydrogens is 479 g/mol. The first-order valence-corrected chi connectivity index (χ1v) is 12.2. The molecule has 0 spiro atoms. The van der Waals surface area contributed by atoms with Crippen molar-refractivity contribution in [1.29, 1.82) is 0 Å². The van der Waals surface area contributed by atoms with Gasteiger partial charge in [-0.1, -0.05) is 41.0 Å². The zero-order valence-electron chi connectivity index (χ0n) is 19.7. The van der Waals surface area contributed by atoms with Crippen molar-refractivity contribution in [2.24, 2.45) is 0 Å². The Kier molecular flexibility index (Phi) is 7.28. The summed E-state index contributed by atoms with van der Waals surface area (Å²) in [6.07, 6.45) is 4.01. The summed E-state index contributed by atoms with van der Waals surface area (Å²) in [6.45, 7) is 10.8. The van der Waals surface area contributed by atoms with Crippen molar-refractivity contribution in [2.75, 3.05) is 13.2 Å². The predicted molar refractivity (Wildman–Crippen MR) is 130 cm³/mol. The van der Waals surface area contributed by atoms with Gasteiger partial charge in [0.2, 0.25) is 0 Å². The molecule has 0 radical (unpaired) electrons. The Labute approximate surface area is 209 Å². The van der Waals surface area contributed by atoms with Crippen molar-refractivity contribution in [1.82, 2.24) is 19.7 Å². The molecule has 0 N–H and O–H groups in total. The standard InChI is InChI=1S/C24H30Cl2N4O4/c1-5-12-32-17-10-9-16(25)21(26)20(17)15-13-18-27-28-22(30(18)14-15)33-19-8-6-7-11-29(19)23(31)34-24(2,3)4/h5,9-10,15,19H,1,6-8,11-14H2,2-4H3. The quantitative estimate of drug-likeness (QED) is 0.471. The van der Waals surface area contributed by atoms with Crippen LogP contribution in [0.2, 0.25) is 10.0 Å². The second kappa shape index (κ2) is 10.0. The second-order valence-electron chi connectivity index (χ2n) is 9.53. The SMILES string of the molecule is C=CCOc1ccc(Cl)c(Cl)c1C1Cc2nnc(OC3CCCCN3C(=O)OC(C)(C)C)n2C1. The molecule has 2 aliphatic rings. The van der Waals surface area contributed by atoms with Gasteiger partial charge in [0.15, 0.2) is 6.23 Å². The number of rotatable bonds is 6. The van der Waals surface area contributed by atoms with Crippen LogP contribution in [0.5, 0.6) is 11.8 Å². The third kappa shape index (κ3) is 5.28. The lowest BCUT2D eigenvalue weighted by Gasteiger charge is -2.36. The molecule has 34 heavy (non-hydrogen) atoms. The van der Waals surface area contributed by atoms with Crippen molar-refractivity contribution < 1.29 is 19.0 Å². The van der Waals surface area contributed by atoms with Crippen LogP contribution in [0.4, 0.5) is 4.79 Å². The van der Waals surface area contributed by atoms with E-state index in [1.165, 1.54) is 0 Å². The lowest BCUT2D eigenvalue weighted by atomic mass is 9.96. The maximum atomic E-state index is 12.7. The highest BCUT2D eigenvalue weighted by molar-refractivity contribution is 6.42. The molecule has 2 aromatic rings. The van der Waals surface area contributed by atoms with Gasteiger partial charge in [-0.3, -0.25) is 9.47 Å². The van der Waals surface area contributed by atoms with E-state index in [4.69, 9.17) is 37.4 Å². The summed E-state index contributed by atoms with van der Waals surface area (Å²) >= 11 is 12.9. The average molecular weight is 509 g/mol. The molecular formula is C24H30Cl2N4O4. The highest BCUT2D eigenvalue weighted by Crippen LogP contribution is 2.43. The molecule has 1 amide bonds. The highest BCUT2D eigenvalue weighted by Gasteiger charge is 2.36. The van der Waals surface area contributed by atoms with Gasteiger partial charge in [0, 0.05) is 37.4 Å². The van der Waals surface area contributed by atoms with Gasteiger partial charge in [-0.05, 0) is 45.7 Å². The van der Waals surface area contributed by atoms with Crippen molar-refractivity contribution >= 4 is 29.3 Å². The smallest absolute Gasteiger partial charge is 0.413 e. The average Bonchev–Trinajstić information content (AvgIpc) is 3.35. The molecule has 2 unspecified atom stereocenters. The lowest BCUT2D eigenvalue weighted by molar-refractivity contribution is -0.0383. The van der Waals surface area contributed by atoms with E-state index in [1.54, 1.807) is 17.0 Å². The van der Waals surface area contributed by atoms with E-state index in [1.807, 2.05) is 31.4 Å². The van der Waals surface area contributed by atoms with Crippen molar-refractivity contribution in [3.05, 3.63) is 46.2 Å². The van der Waals surface area contributed by atoms with E-state index in [-0.39, 0.29) is 12.0 Å². The maximum absolute atomic E-state index is 12.7. The summed E-state index contributed by atoms with van der Waals surface area (Å²) in [5.41, 5.74) is 0.254. The molecule has 8 nitrogen and oxygen atoms in total. The fourth-order valence-electron chi connectivity index (χ4n) is 4.32. The van der Waals surface area contributed by atoms with Gasteiger partial charge in [0.1, 0.15) is 23.8 Å². The summed E-state index contributed by atoms with van der Waals surface area (Å²) in [6, 6.07) is 3.93. The van der Waals surface area contributed by atoms with Crippen LogP contribution in [0, 0.1) is 0 Å². The number of nitrogens with zero attached hydrogens (tertiary/aromatic N) is 4. The van der Waals surface area contributed by atoms with Gasteiger partial charge < -0.3 is 14.2 Å². The number of likely N-dealkylation sites (tertiary alicyclic amines) is 1. The maximum Gasteiger partial charge on any atom is 0.413 e. The van der Waals surface area contributed by atoms with E-state index in [9.17, 15) is 4.79 Å². The summed E-state index contributed by atoms with van der Waals surface area (Å²) in [5, 5.41) is 9.52. The topological polar surface area (TPSA) is 78.7 Å². The van der Waals surface area contributed by atoms with Crippen LogP contribution in [0.15, 0.2) is 24.8 Å². The molecule has 2 atom stereocenters. The zero-order valence-corrected chi connectivity index (χ0v) is 21.2. The van der Waals surface area contributed by atoms with Gasteiger partial charge in [0.05, 0.1) is 10.0 Å². The van der Waals surface area contributed by atoms with Gasteiger partial charge in [-0.25, -0.2) is 4.79 Å². The minimum atomic E-state index is -0.579. The minimum absolute atomic E-state index is 0.00724. The number of hydrogen-bond donors (Lipinski definition) is 0. The molecule has 0 saturated carbocycles. The zero-order chi connectivity index (χ0) is 24.5. The predicted octanol–water partition coefficient (Wildman–Crippen LogP) is 5.62. The fraction of sp³-hybridized carbons (Fsp3) is 0.542. The van der Waals surface area contributed by atoms with Gasteiger partial charge in [0.25, 0.3) is 0 Å². The van der Waals surface area contributed by atoms with Crippen molar-refractivity contribution in [3.8, 4) is 11.8 Å². The number of ether oxygens (including phenoxy) is 3. The molecule has 2 aliphatic heterocycles. The fourth-order valence-corrected chi connectivity index (χ4v) is 4.79. The van der Waals surface area contributed by atoms with Crippen molar-refractivity contribution in [3.63, 3.8) is 0 Å². The molecule has 3 heterocycles. The van der Waals surface area contributed by atoms with Crippen LogP contribution >= 0.6 is 23.2 Å². The first-order chi connectivity index (χ1) is 16.2. The Balaban J connectivity index is 1.53. The van der Waals surface area contributed by atoms with Crippen molar-refractivity contribution in [2.45, 2.75) is 70.7 Å². The number of piperidine rings is 1. The molecule has 10 heteroatoms. The summed E-state index contributed by atoms with van der Waals surface area (Å²) < 4.78 is 19.6. The van der Waals surface area contributed by atoms with E-state index >= 15 is 0 Å². The summed E-state index contributed by atoms with van der Waals surface area (Å²) in [7, 11) is 0. The first kappa shape index (κ1) is 24.7. The van der Waals surface area contributed by atoms with Crippen LogP contribution in [0.1, 0.15) is 57.3 Å². The third-order valence-corrected chi connectivity index (χ3v) is 6.62. The number of benzene rings is 1. The molecule has 0 aliphatic carbocycles. The lowest BCUT2D eigenvalue weighted by Crippen LogP contribution is -2.49. The number of aromatic nitrogens is 3. The van der Waals surface area contributed by atoms with Crippen LogP contribution in [-0.2, 0) is 17.7 Å². The molecule has 4 rings (SSSR count). The van der Waals surface area contributed by atoms with Crippen LogP contribution in [0.3, 0.4) is 0 Å². The second-order valence-corrected chi connectivity index (χ2v) is 10.3. The Bertz CT molecular complexity index is 1070. The Morgan fingerprint density at radius 1 is 1.26 bits per heavy atom. The molecule has 1 fully saturated rings. The van der Waals surface area contributed by atoms with Crippen LogP contribution < -0.4 is 9.47 Å². The van der Waals surface area contributed by atoms with Crippen LogP contribution in [0.25, 0.3) is 0 Å². The first-order valence-electron chi connectivity index (χ1n) is 11.5. The van der Waals surface area contributed by atoms with E-state index in [2.05, 4.69) is 16.8 Å². The Morgan fingerprint density at radius 2 is 2.06 bits per heavy atom. The normalized spacial score (nSPS) is 20.1. The van der Waals surface area contributed by atoms with E-state index in [0.29, 0.717) is 54.3 Å². The van der Waals surface area contributed by atoms with Gasteiger partial charge >= 0.3 is 12.1 Å². The summed E-state index contributed by atoms with van der Waals surface area (Å²) in [4.78, 5) is 14.4. The molecule has 184 valence electrons. The number of amides is 1. The molecule has 1 aromatic heterocycles. The number of hydrogen-bond acceptors (Lipinski definition) is 6. The molecule has 0 bridgehead atoms. The number of fused-ring (bicyclic) bond motifs is 1. The molecule has 1 saturated heterocycles. The largest absolute Gasteiger partial charge is 0.489 e. The third-order valence-electron chi connectivity index (χ3n) is 5.80. The monoisotopic (exact) mass is 508 g/mol. The molecule has 1 aromatic carbocycles.